The van der Waals surface area contributed by atoms with Gasteiger partial charge in [0.15, 0.2) is 0 Å². The molecule has 10 nitrogen and oxygen atoms in total. The Kier molecular flexibility index (Phi) is 26.6. The van der Waals surface area contributed by atoms with Gasteiger partial charge >= 0.3 is 5.97 Å². The maximum atomic E-state index is 11.1. The topological polar surface area (TPSA) is 100 Å². The highest BCUT2D eigenvalue weighted by molar-refractivity contribution is 5.86. The van der Waals surface area contributed by atoms with E-state index in [-0.39, 0.29) is 6.61 Å². The van der Waals surface area contributed by atoms with Gasteiger partial charge in [0.1, 0.15) is 6.61 Å². The Morgan fingerprint density at radius 2 is 0.914 bits per heavy atom. The molecule has 0 aromatic heterocycles. The molecular formula is C25H48O10. The average molecular weight is 509 g/mol. The third-order valence-electron chi connectivity index (χ3n) is 4.37. The fourth-order valence-corrected chi connectivity index (χ4v) is 2.54. The highest BCUT2D eigenvalue weighted by atomic mass is 16.6. The Hall–Kier alpha value is -1.11. The molecule has 0 aliphatic rings. The number of hydrogen-bond acceptors (Lipinski definition) is 10. The van der Waals surface area contributed by atoms with E-state index in [1.54, 1.807) is 6.92 Å². The molecule has 208 valence electrons. The molecular weight excluding hydrogens is 460 g/mol. The maximum Gasteiger partial charge on any atom is 0.333 e. The summed E-state index contributed by atoms with van der Waals surface area (Å²) >= 11 is 0. The van der Waals surface area contributed by atoms with Gasteiger partial charge in [-0.3, -0.25) is 0 Å². The van der Waals surface area contributed by atoms with Gasteiger partial charge in [0.2, 0.25) is 0 Å². The van der Waals surface area contributed by atoms with Crippen molar-refractivity contribution >= 4 is 5.97 Å². The van der Waals surface area contributed by atoms with Crippen LogP contribution in [0.3, 0.4) is 0 Å². The molecule has 0 aromatic carbocycles. The first-order valence-electron chi connectivity index (χ1n) is 12.6. The van der Waals surface area contributed by atoms with E-state index < -0.39 is 5.97 Å². The lowest BCUT2D eigenvalue weighted by atomic mass is 10.2. The van der Waals surface area contributed by atoms with Crippen LogP contribution in [-0.4, -0.2) is 118 Å². The summed E-state index contributed by atoms with van der Waals surface area (Å²) in [6, 6.07) is 0. The maximum absolute atomic E-state index is 11.1. The second kappa shape index (κ2) is 27.5. The second-order valence-electron chi connectivity index (χ2n) is 7.67. The number of carbonyl (C=O) groups is 1. The van der Waals surface area contributed by atoms with E-state index in [4.69, 9.17) is 42.6 Å². The first kappa shape index (κ1) is 33.9. The molecule has 0 aliphatic heterocycles. The highest BCUT2D eigenvalue weighted by Gasteiger charge is 2.02. The molecule has 0 amide bonds. The van der Waals surface area contributed by atoms with E-state index in [0.717, 1.165) is 12.8 Å². The molecule has 0 N–H and O–H groups in total. The van der Waals surface area contributed by atoms with Crippen molar-refractivity contribution in [2.45, 2.75) is 39.7 Å². The predicted molar refractivity (Wildman–Crippen MR) is 132 cm³/mol. The second-order valence-corrected chi connectivity index (χ2v) is 7.67. The zero-order chi connectivity index (χ0) is 25.8. The number of rotatable bonds is 28. The van der Waals surface area contributed by atoms with Gasteiger partial charge in [0, 0.05) is 5.57 Å². The molecule has 0 saturated carbocycles. The van der Waals surface area contributed by atoms with Crippen molar-refractivity contribution in [1.82, 2.24) is 0 Å². The van der Waals surface area contributed by atoms with Crippen LogP contribution in [0.15, 0.2) is 12.2 Å². The molecule has 0 heterocycles. The molecule has 1 unspecified atom stereocenters. The predicted octanol–water partition coefficient (Wildman–Crippen LogP) is 2.43. The Morgan fingerprint density at radius 1 is 0.600 bits per heavy atom. The lowest BCUT2D eigenvalue weighted by molar-refractivity contribution is -0.140. The monoisotopic (exact) mass is 508 g/mol. The van der Waals surface area contributed by atoms with Crippen molar-refractivity contribution in [3.63, 3.8) is 0 Å². The lowest BCUT2D eigenvalue weighted by Crippen LogP contribution is -2.16. The molecule has 0 saturated heterocycles. The van der Waals surface area contributed by atoms with Gasteiger partial charge in [-0.05, 0) is 20.3 Å². The molecule has 0 aliphatic carbocycles. The van der Waals surface area contributed by atoms with Crippen LogP contribution in [0.4, 0.5) is 0 Å². The van der Waals surface area contributed by atoms with E-state index in [9.17, 15) is 4.79 Å². The summed E-state index contributed by atoms with van der Waals surface area (Å²) in [4.78, 5) is 11.1. The molecule has 35 heavy (non-hydrogen) atoms. The molecule has 10 heteroatoms. The Bertz CT molecular complexity index is 475. The first-order chi connectivity index (χ1) is 17.1. The van der Waals surface area contributed by atoms with E-state index in [2.05, 4.69) is 20.4 Å². The SMILES string of the molecule is C=C(C)C(=O)OCCOCCOCCOCCOCCOCCOCCOCCOC(C)CCC. The summed E-state index contributed by atoms with van der Waals surface area (Å²) in [5.74, 6) is -0.407. The van der Waals surface area contributed by atoms with Gasteiger partial charge in [-0.2, -0.15) is 0 Å². The van der Waals surface area contributed by atoms with Crippen molar-refractivity contribution in [1.29, 1.82) is 0 Å². The largest absolute Gasteiger partial charge is 0.460 e. The van der Waals surface area contributed by atoms with E-state index in [0.29, 0.717) is 111 Å². The van der Waals surface area contributed by atoms with Crippen LogP contribution in [0, 0.1) is 0 Å². The minimum Gasteiger partial charge on any atom is -0.460 e. The quantitative estimate of drug-likeness (QED) is 0.0890. The van der Waals surface area contributed by atoms with Crippen LogP contribution in [0.25, 0.3) is 0 Å². The van der Waals surface area contributed by atoms with Gasteiger partial charge in [0.05, 0.1) is 105 Å². The van der Waals surface area contributed by atoms with Crippen molar-refractivity contribution < 1.29 is 47.4 Å². The first-order valence-corrected chi connectivity index (χ1v) is 12.6. The van der Waals surface area contributed by atoms with Crippen LogP contribution >= 0.6 is 0 Å². The van der Waals surface area contributed by atoms with Crippen LogP contribution in [0.1, 0.15) is 33.6 Å². The summed E-state index contributed by atoms with van der Waals surface area (Å²) in [7, 11) is 0. The summed E-state index contributed by atoms with van der Waals surface area (Å²) in [6.07, 6.45) is 2.51. The average Bonchev–Trinajstić information content (AvgIpc) is 2.84. The zero-order valence-corrected chi connectivity index (χ0v) is 22.1. The fraction of sp³-hybridized carbons (Fsp3) is 0.880. The number of ether oxygens (including phenoxy) is 9. The van der Waals surface area contributed by atoms with Crippen molar-refractivity contribution in [3.8, 4) is 0 Å². The van der Waals surface area contributed by atoms with Crippen LogP contribution < -0.4 is 0 Å². The Labute approximate surface area is 211 Å². The molecule has 0 spiro atoms. The minimum absolute atomic E-state index is 0.207. The number of carbonyl (C=O) groups excluding carboxylic acids is 1. The standard InChI is InChI=1S/C25H48O10/c1-5-6-24(4)34-21-19-32-17-15-30-13-11-28-9-7-27-8-10-29-12-14-31-16-18-33-20-22-35-25(26)23(2)3/h24H,2,5-22H2,1,3-4H3. The van der Waals surface area contributed by atoms with Crippen molar-refractivity contribution in [2.24, 2.45) is 0 Å². The van der Waals surface area contributed by atoms with Crippen molar-refractivity contribution in [3.05, 3.63) is 12.2 Å². The normalized spacial score (nSPS) is 12.1. The Balaban J connectivity index is 3.09. The molecule has 0 fully saturated rings. The van der Waals surface area contributed by atoms with Crippen LogP contribution in [-0.2, 0) is 47.4 Å². The van der Waals surface area contributed by atoms with Gasteiger partial charge in [-0.1, -0.05) is 19.9 Å². The summed E-state index contributed by atoms with van der Waals surface area (Å²) < 4.78 is 48.4. The summed E-state index contributed by atoms with van der Waals surface area (Å²) in [6.45, 7) is 17.1. The fourth-order valence-electron chi connectivity index (χ4n) is 2.54. The number of esters is 1. The summed E-state index contributed by atoms with van der Waals surface area (Å²) in [5.41, 5.74) is 0.375. The highest BCUT2D eigenvalue weighted by Crippen LogP contribution is 1.99. The molecule has 0 radical (unpaired) electrons. The third-order valence-corrected chi connectivity index (χ3v) is 4.37. The third kappa shape index (κ3) is 27.3. The Morgan fingerprint density at radius 3 is 1.23 bits per heavy atom. The van der Waals surface area contributed by atoms with E-state index in [1.807, 2.05) is 0 Å². The van der Waals surface area contributed by atoms with Gasteiger partial charge < -0.3 is 42.6 Å². The molecule has 1 atom stereocenters. The zero-order valence-electron chi connectivity index (χ0n) is 22.1. The molecule has 0 aromatic rings. The lowest BCUT2D eigenvalue weighted by Gasteiger charge is -2.12. The van der Waals surface area contributed by atoms with E-state index in [1.165, 1.54) is 0 Å². The van der Waals surface area contributed by atoms with Crippen molar-refractivity contribution in [2.75, 3.05) is 106 Å². The smallest absolute Gasteiger partial charge is 0.333 e. The van der Waals surface area contributed by atoms with Gasteiger partial charge in [0.25, 0.3) is 0 Å². The molecule has 0 bridgehead atoms. The minimum atomic E-state index is -0.407. The molecule has 0 rings (SSSR count). The van der Waals surface area contributed by atoms with E-state index >= 15 is 0 Å². The number of hydrogen-bond donors (Lipinski definition) is 0. The van der Waals surface area contributed by atoms with Gasteiger partial charge in [-0.25, -0.2) is 4.79 Å². The van der Waals surface area contributed by atoms with Crippen LogP contribution in [0.2, 0.25) is 0 Å². The van der Waals surface area contributed by atoms with Gasteiger partial charge in [-0.15, -0.1) is 0 Å². The summed E-state index contributed by atoms with van der Waals surface area (Å²) in [5, 5.41) is 0. The van der Waals surface area contributed by atoms with Crippen LogP contribution in [0.5, 0.6) is 0 Å².